The van der Waals surface area contributed by atoms with E-state index in [1.807, 2.05) is 13.8 Å². The molecule has 0 saturated carbocycles. The smallest absolute Gasteiger partial charge is 0.316 e. The summed E-state index contributed by atoms with van der Waals surface area (Å²) in [6, 6.07) is 1.66. The van der Waals surface area contributed by atoms with E-state index in [2.05, 4.69) is 12.1 Å². The zero-order valence-corrected chi connectivity index (χ0v) is 11.4. The molecule has 18 heavy (non-hydrogen) atoms. The first kappa shape index (κ1) is 14.5. The van der Waals surface area contributed by atoms with Crippen LogP contribution in [0.3, 0.4) is 0 Å². The summed E-state index contributed by atoms with van der Waals surface area (Å²) in [6.07, 6.45) is 2.02. The summed E-state index contributed by atoms with van der Waals surface area (Å²) in [6.45, 7) is 6.56. The monoisotopic (exact) mass is 255 g/mol. The van der Waals surface area contributed by atoms with Crippen LogP contribution >= 0.6 is 0 Å². The van der Waals surface area contributed by atoms with E-state index >= 15 is 0 Å². The maximum atomic E-state index is 11.7. The second-order valence-electron chi connectivity index (χ2n) is 4.51. The third-order valence-electron chi connectivity index (χ3n) is 2.68. The fourth-order valence-corrected chi connectivity index (χ4v) is 1.65. The molecule has 102 valence electrons. The summed E-state index contributed by atoms with van der Waals surface area (Å²) in [5.41, 5.74) is 0. The van der Waals surface area contributed by atoms with Crippen LogP contribution in [0.5, 0.6) is 5.88 Å². The molecule has 0 saturated heterocycles. The summed E-state index contributed by atoms with van der Waals surface area (Å²) in [5, 5.41) is 3.80. The first-order chi connectivity index (χ1) is 8.60. The zero-order chi connectivity index (χ0) is 13.5. The van der Waals surface area contributed by atoms with E-state index in [-0.39, 0.29) is 11.9 Å². The molecule has 1 aromatic heterocycles. The number of unbranched alkanes of at least 4 members (excludes halogenated alkanes) is 1. The molecule has 0 fully saturated rings. The minimum absolute atomic E-state index is 0.0777. The topological polar surface area (TPSA) is 61.6 Å². The van der Waals surface area contributed by atoms with Gasteiger partial charge in [0.25, 0.3) is 5.88 Å². The van der Waals surface area contributed by atoms with E-state index in [1.165, 1.54) is 7.11 Å². The van der Waals surface area contributed by atoms with Crippen LogP contribution in [-0.2, 0) is 9.53 Å². The van der Waals surface area contributed by atoms with Gasteiger partial charge in [-0.15, -0.1) is 0 Å². The minimum Gasteiger partial charge on any atom is -0.476 e. The highest BCUT2D eigenvalue weighted by Gasteiger charge is 2.29. The molecular weight excluding hydrogens is 234 g/mol. The van der Waals surface area contributed by atoms with E-state index < -0.39 is 5.92 Å². The Morgan fingerprint density at radius 2 is 2.22 bits per heavy atom. The van der Waals surface area contributed by atoms with E-state index in [1.54, 1.807) is 6.07 Å². The molecule has 0 radical (unpaired) electrons. The van der Waals surface area contributed by atoms with Gasteiger partial charge in [0.05, 0.1) is 13.7 Å². The summed E-state index contributed by atoms with van der Waals surface area (Å²) >= 11 is 0. The molecule has 0 aromatic carbocycles. The maximum Gasteiger partial charge on any atom is 0.316 e. The Bertz CT molecular complexity index is 373. The Kier molecular flexibility index (Phi) is 5.68. The van der Waals surface area contributed by atoms with Gasteiger partial charge in [0.2, 0.25) is 0 Å². The van der Waals surface area contributed by atoms with Gasteiger partial charge in [-0.25, -0.2) is 0 Å². The van der Waals surface area contributed by atoms with Crippen LogP contribution in [0.4, 0.5) is 0 Å². The first-order valence-corrected chi connectivity index (χ1v) is 6.27. The lowest BCUT2D eigenvalue weighted by molar-refractivity contribution is -0.144. The molecule has 0 aliphatic heterocycles. The lowest BCUT2D eigenvalue weighted by Crippen LogP contribution is -2.19. The van der Waals surface area contributed by atoms with E-state index in [0.29, 0.717) is 18.2 Å². The van der Waals surface area contributed by atoms with Crippen molar-refractivity contribution in [1.82, 2.24) is 5.16 Å². The molecule has 0 bridgehead atoms. The summed E-state index contributed by atoms with van der Waals surface area (Å²) in [5.74, 6) is 0.234. The quantitative estimate of drug-likeness (QED) is 0.553. The number of esters is 1. The average molecular weight is 255 g/mol. The molecule has 1 unspecified atom stereocenters. The van der Waals surface area contributed by atoms with Crippen LogP contribution in [0.2, 0.25) is 0 Å². The molecular formula is C13H21NO4. The molecule has 1 atom stereocenters. The maximum absolute atomic E-state index is 11.7. The van der Waals surface area contributed by atoms with Crippen molar-refractivity contribution >= 4 is 5.97 Å². The van der Waals surface area contributed by atoms with E-state index in [4.69, 9.17) is 14.0 Å². The van der Waals surface area contributed by atoms with Crippen molar-refractivity contribution in [1.29, 1.82) is 0 Å². The third-order valence-corrected chi connectivity index (χ3v) is 2.68. The number of ether oxygens (including phenoxy) is 2. The second kappa shape index (κ2) is 7.03. The van der Waals surface area contributed by atoms with Crippen molar-refractivity contribution in [2.75, 3.05) is 13.7 Å². The number of aromatic nitrogens is 1. The van der Waals surface area contributed by atoms with Crippen molar-refractivity contribution in [2.24, 2.45) is 5.92 Å². The van der Waals surface area contributed by atoms with Gasteiger partial charge in [-0.3, -0.25) is 4.79 Å². The number of rotatable bonds is 7. The lowest BCUT2D eigenvalue weighted by Gasteiger charge is -2.14. The predicted molar refractivity (Wildman–Crippen MR) is 66.5 cm³/mol. The van der Waals surface area contributed by atoms with E-state index in [0.717, 1.165) is 12.8 Å². The average Bonchev–Trinajstić information content (AvgIpc) is 2.77. The number of hydrogen-bond acceptors (Lipinski definition) is 5. The fraction of sp³-hybridized carbons (Fsp3) is 0.692. The van der Waals surface area contributed by atoms with E-state index in [9.17, 15) is 4.79 Å². The van der Waals surface area contributed by atoms with Gasteiger partial charge < -0.3 is 14.0 Å². The van der Waals surface area contributed by atoms with Crippen LogP contribution < -0.4 is 4.74 Å². The van der Waals surface area contributed by atoms with Crippen LogP contribution in [0.15, 0.2) is 10.6 Å². The largest absolute Gasteiger partial charge is 0.476 e. The highest BCUT2D eigenvalue weighted by atomic mass is 16.5. The molecule has 0 amide bonds. The summed E-state index contributed by atoms with van der Waals surface area (Å²) in [4.78, 5) is 11.7. The summed E-state index contributed by atoms with van der Waals surface area (Å²) < 4.78 is 15.3. The molecule has 0 N–H and O–H groups in total. The van der Waals surface area contributed by atoms with Gasteiger partial charge in [-0.2, -0.15) is 0 Å². The molecule has 1 aromatic rings. The minimum atomic E-state index is -0.439. The Balaban J connectivity index is 2.72. The number of carbonyl (C=O) groups is 1. The normalized spacial score (nSPS) is 12.5. The highest BCUT2D eigenvalue weighted by Crippen LogP contribution is 2.28. The number of carbonyl (C=O) groups excluding carboxylic acids is 1. The van der Waals surface area contributed by atoms with Crippen LogP contribution in [0.1, 0.15) is 45.3 Å². The SMILES string of the molecule is CCCCOc1cc(C(C(=O)OC)C(C)C)on1. The van der Waals surface area contributed by atoms with Crippen molar-refractivity contribution in [2.45, 2.75) is 39.5 Å². The number of nitrogens with zero attached hydrogens (tertiary/aromatic N) is 1. The van der Waals surface area contributed by atoms with Gasteiger partial charge in [-0.05, 0) is 17.5 Å². The fourth-order valence-electron chi connectivity index (χ4n) is 1.65. The molecule has 5 nitrogen and oxygen atoms in total. The van der Waals surface area contributed by atoms with Gasteiger partial charge >= 0.3 is 5.97 Å². The highest BCUT2D eigenvalue weighted by molar-refractivity contribution is 5.77. The Labute approximate surface area is 107 Å². The molecule has 5 heteroatoms. The van der Waals surface area contributed by atoms with Crippen molar-refractivity contribution in [3.63, 3.8) is 0 Å². The zero-order valence-electron chi connectivity index (χ0n) is 11.4. The van der Waals surface area contributed by atoms with Crippen molar-refractivity contribution < 1.29 is 18.8 Å². The predicted octanol–water partition coefficient (Wildman–Crippen LogP) is 2.77. The lowest BCUT2D eigenvalue weighted by atomic mass is 9.93. The number of hydrogen-bond donors (Lipinski definition) is 0. The van der Waals surface area contributed by atoms with Crippen LogP contribution in [0.25, 0.3) is 0 Å². The first-order valence-electron chi connectivity index (χ1n) is 6.27. The summed E-state index contributed by atoms with van der Waals surface area (Å²) in [7, 11) is 1.37. The molecule has 0 spiro atoms. The van der Waals surface area contributed by atoms with Crippen LogP contribution in [-0.4, -0.2) is 24.8 Å². The molecule has 0 aliphatic carbocycles. The Hall–Kier alpha value is -1.52. The van der Waals surface area contributed by atoms with Crippen molar-refractivity contribution in [3.05, 3.63) is 11.8 Å². The van der Waals surface area contributed by atoms with Gasteiger partial charge in [-0.1, -0.05) is 27.2 Å². The third kappa shape index (κ3) is 3.75. The van der Waals surface area contributed by atoms with Gasteiger partial charge in [0, 0.05) is 6.07 Å². The molecule has 0 aliphatic rings. The second-order valence-corrected chi connectivity index (χ2v) is 4.51. The molecule has 1 rings (SSSR count). The number of methoxy groups -OCH3 is 1. The van der Waals surface area contributed by atoms with Gasteiger partial charge in [0.1, 0.15) is 5.92 Å². The Morgan fingerprint density at radius 1 is 1.50 bits per heavy atom. The van der Waals surface area contributed by atoms with Crippen LogP contribution in [0, 0.1) is 5.92 Å². The van der Waals surface area contributed by atoms with Crippen molar-refractivity contribution in [3.8, 4) is 5.88 Å². The standard InChI is InChI=1S/C13H21NO4/c1-5-6-7-17-11-8-10(18-14-11)12(9(2)3)13(15)16-4/h8-9,12H,5-7H2,1-4H3. The Morgan fingerprint density at radius 3 is 2.78 bits per heavy atom. The van der Waals surface area contributed by atoms with Gasteiger partial charge in [0.15, 0.2) is 5.76 Å². The molecule has 1 heterocycles.